The van der Waals surface area contributed by atoms with Crippen LogP contribution in [0.3, 0.4) is 0 Å². The molecular formula is C26H26N2O3S2. The molecule has 1 amide bonds. The first-order valence-electron chi connectivity index (χ1n) is 11.5. The molecule has 6 rings (SSSR count). The van der Waals surface area contributed by atoms with Crippen molar-refractivity contribution in [1.29, 1.82) is 0 Å². The van der Waals surface area contributed by atoms with Crippen LogP contribution in [0.25, 0.3) is 0 Å². The van der Waals surface area contributed by atoms with Crippen molar-refractivity contribution in [2.45, 2.75) is 42.0 Å². The highest BCUT2D eigenvalue weighted by atomic mass is 32.2. The van der Waals surface area contributed by atoms with Crippen LogP contribution in [-0.4, -0.2) is 22.8 Å². The Bertz CT molecular complexity index is 1230. The third-order valence-corrected chi connectivity index (χ3v) is 10.4. The molecule has 1 aliphatic heterocycles. The highest BCUT2D eigenvalue weighted by Gasteiger charge is 2.55. The molecular weight excluding hydrogens is 452 g/mol. The predicted molar refractivity (Wildman–Crippen MR) is 132 cm³/mol. The van der Waals surface area contributed by atoms with E-state index in [4.69, 9.17) is 4.74 Å². The zero-order valence-corrected chi connectivity index (χ0v) is 20.0. The van der Waals surface area contributed by atoms with Crippen molar-refractivity contribution in [2.24, 2.45) is 17.8 Å². The quantitative estimate of drug-likeness (QED) is 0.547. The number of nitrogens with one attached hydrogen (secondary N) is 1. The molecule has 5 unspecified atom stereocenters. The zero-order valence-electron chi connectivity index (χ0n) is 18.4. The van der Waals surface area contributed by atoms with Gasteiger partial charge in [-0.25, -0.2) is 0 Å². The average Bonchev–Trinajstić information content (AvgIpc) is 3.53. The number of hydrogen-bond acceptors (Lipinski definition) is 5. The Balaban J connectivity index is 1.33. The minimum atomic E-state index is -0.185. The molecule has 0 saturated heterocycles. The van der Waals surface area contributed by atoms with Gasteiger partial charge in [0.05, 0.1) is 12.1 Å². The van der Waals surface area contributed by atoms with Crippen molar-refractivity contribution < 1.29 is 9.53 Å². The molecule has 170 valence electrons. The van der Waals surface area contributed by atoms with Gasteiger partial charge in [0, 0.05) is 21.7 Å². The maximum Gasteiger partial charge on any atom is 0.308 e. The normalized spacial score (nSPS) is 27.1. The van der Waals surface area contributed by atoms with Gasteiger partial charge in [0.2, 0.25) is 5.91 Å². The Labute approximate surface area is 201 Å². The topological polar surface area (TPSA) is 60.3 Å². The molecule has 3 aromatic rings. The number of anilines is 1. The smallest absolute Gasteiger partial charge is 0.308 e. The third kappa shape index (κ3) is 3.62. The number of nitrogens with zero attached hydrogens (tertiary/aromatic N) is 1. The van der Waals surface area contributed by atoms with E-state index in [2.05, 4.69) is 35.6 Å². The summed E-state index contributed by atoms with van der Waals surface area (Å²) >= 11 is 3.21. The highest BCUT2D eigenvalue weighted by Crippen LogP contribution is 2.63. The van der Waals surface area contributed by atoms with Crippen LogP contribution in [0.15, 0.2) is 64.4 Å². The number of methoxy groups -OCH3 is 1. The third-order valence-electron chi connectivity index (χ3n) is 7.52. The summed E-state index contributed by atoms with van der Waals surface area (Å²) in [5.74, 6) is 2.86. The van der Waals surface area contributed by atoms with E-state index in [0.717, 1.165) is 27.5 Å². The highest BCUT2D eigenvalue weighted by molar-refractivity contribution is 8.00. The first-order chi connectivity index (χ1) is 16.1. The first kappa shape index (κ1) is 21.1. The second-order valence-electron chi connectivity index (χ2n) is 9.28. The van der Waals surface area contributed by atoms with Crippen LogP contribution in [-0.2, 0) is 11.3 Å². The number of amides is 1. The lowest BCUT2D eigenvalue weighted by molar-refractivity contribution is -0.116. The first-order valence-corrected chi connectivity index (χ1v) is 13.2. The standard InChI is InChI=1S/C26H26N2O3S2/c1-31-19-11-9-18(10-12-19)27-20(29)14-28-25-24(33-26(28)30)21(15-5-3-2-4-6-15)22-16-7-8-17(13-16)23(22)32-25/h2-6,9-12,16-17,21-23H,7-8,13-14H2,1H3,(H,27,29). The van der Waals surface area contributed by atoms with Crippen molar-refractivity contribution in [2.75, 3.05) is 12.4 Å². The summed E-state index contributed by atoms with van der Waals surface area (Å²) in [6.07, 6.45) is 3.91. The molecule has 0 spiro atoms. The van der Waals surface area contributed by atoms with Crippen molar-refractivity contribution in [3.8, 4) is 5.75 Å². The molecule has 7 heteroatoms. The summed E-state index contributed by atoms with van der Waals surface area (Å²) in [5, 5.41) is 4.47. The molecule has 5 nitrogen and oxygen atoms in total. The summed E-state index contributed by atoms with van der Waals surface area (Å²) in [6.45, 7) is 0.0384. The van der Waals surface area contributed by atoms with Crippen LogP contribution >= 0.6 is 23.1 Å². The molecule has 2 saturated carbocycles. The molecule has 33 heavy (non-hydrogen) atoms. The average molecular weight is 479 g/mol. The molecule has 2 heterocycles. The monoisotopic (exact) mass is 478 g/mol. The maximum absolute atomic E-state index is 13.1. The van der Waals surface area contributed by atoms with Crippen LogP contribution in [0.2, 0.25) is 0 Å². The van der Waals surface area contributed by atoms with Gasteiger partial charge in [-0.15, -0.1) is 11.8 Å². The number of fused-ring (bicyclic) bond motifs is 6. The summed E-state index contributed by atoms with van der Waals surface area (Å²) in [5.41, 5.74) is 2.00. The minimum Gasteiger partial charge on any atom is -0.497 e. The van der Waals surface area contributed by atoms with E-state index in [0.29, 0.717) is 16.9 Å². The SMILES string of the molecule is COc1ccc(NC(=O)Cn2c3c(sc2=O)C(c2ccccc2)C2C4CCC(C4)C2S3)cc1. The second kappa shape index (κ2) is 8.37. The number of rotatable bonds is 5. The molecule has 2 bridgehead atoms. The minimum absolute atomic E-state index is 0.0365. The van der Waals surface area contributed by atoms with Gasteiger partial charge in [0.15, 0.2) is 0 Å². The number of hydrogen-bond donors (Lipinski definition) is 1. The van der Waals surface area contributed by atoms with Crippen LogP contribution in [0, 0.1) is 17.8 Å². The predicted octanol–water partition coefficient (Wildman–Crippen LogP) is 5.21. The molecule has 2 aliphatic carbocycles. The maximum atomic E-state index is 13.1. The molecule has 1 aromatic heterocycles. The Morgan fingerprint density at radius 3 is 2.61 bits per heavy atom. The van der Waals surface area contributed by atoms with Crippen molar-refractivity contribution >= 4 is 34.7 Å². The van der Waals surface area contributed by atoms with Crippen molar-refractivity contribution in [1.82, 2.24) is 4.57 Å². The number of thioether (sulfide) groups is 1. The van der Waals surface area contributed by atoms with E-state index in [1.807, 2.05) is 36.0 Å². The Morgan fingerprint density at radius 1 is 1.09 bits per heavy atom. The van der Waals surface area contributed by atoms with Crippen molar-refractivity contribution in [3.63, 3.8) is 0 Å². The van der Waals surface area contributed by atoms with E-state index in [1.165, 1.54) is 36.2 Å². The van der Waals surface area contributed by atoms with Crippen LogP contribution in [0.1, 0.15) is 35.6 Å². The lowest BCUT2D eigenvalue weighted by Crippen LogP contribution is -2.34. The van der Waals surface area contributed by atoms with Gasteiger partial charge in [-0.2, -0.15) is 0 Å². The molecule has 2 fully saturated rings. The fraction of sp³-hybridized carbons (Fsp3) is 0.385. The zero-order chi connectivity index (χ0) is 22.5. The molecule has 1 N–H and O–H groups in total. The summed E-state index contributed by atoms with van der Waals surface area (Å²) in [6, 6.07) is 17.9. The van der Waals surface area contributed by atoms with Gasteiger partial charge in [-0.3, -0.25) is 14.2 Å². The van der Waals surface area contributed by atoms with Gasteiger partial charge < -0.3 is 10.1 Å². The van der Waals surface area contributed by atoms with E-state index in [1.54, 1.807) is 11.7 Å². The molecule has 3 aliphatic rings. The van der Waals surface area contributed by atoms with E-state index < -0.39 is 0 Å². The van der Waals surface area contributed by atoms with Crippen LogP contribution in [0.5, 0.6) is 5.75 Å². The van der Waals surface area contributed by atoms with Gasteiger partial charge >= 0.3 is 4.87 Å². The number of benzene rings is 2. The second-order valence-corrected chi connectivity index (χ2v) is 11.4. The van der Waals surface area contributed by atoms with Gasteiger partial charge in [-0.05, 0) is 66.8 Å². The van der Waals surface area contributed by atoms with Gasteiger partial charge in [-0.1, -0.05) is 41.7 Å². The fourth-order valence-corrected chi connectivity index (χ4v) is 9.29. The fourth-order valence-electron chi connectivity index (χ4n) is 6.14. The van der Waals surface area contributed by atoms with Crippen molar-refractivity contribution in [3.05, 3.63) is 74.7 Å². The number of carbonyl (C=O) groups excluding carboxylic acids is 1. The van der Waals surface area contributed by atoms with E-state index in [9.17, 15) is 9.59 Å². The molecule has 2 aromatic carbocycles. The lowest BCUT2D eigenvalue weighted by Gasteiger charge is -2.40. The Hall–Kier alpha value is -2.51. The van der Waals surface area contributed by atoms with E-state index in [-0.39, 0.29) is 23.2 Å². The summed E-state index contributed by atoms with van der Waals surface area (Å²) in [4.78, 5) is 27.1. The Kier molecular flexibility index (Phi) is 5.34. The van der Waals surface area contributed by atoms with Crippen LogP contribution < -0.4 is 14.9 Å². The molecule has 5 atom stereocenters. The number of aromatic nitrogens is 1. The van der Waals surface area contributed by atoms with Gasteiger partial charge in [0.25, 0.3) is 0 Å². The summed E-state index contributed by atoms with van der Waals surface area (Å²) < 4.78 is 6.89. The number of ether oxygens (including phenoxy) is 1. The Morgan fingerprint density at radius 2 is 1.85 bits per heavy atom. The van der Waals surface area contributed by atoms with Gasteiger partial charge in [0.1, 0.15) is 12.3 Å². The molecule has 0 radical (unpaired) electrons. The largest absolute Gasteiger partial charge is 0.497 e. The van der Waals surface area contributed by atoms with Crippen LogP contribution in [0.4, 0.5) is 5.69 Å². The number of carbonyl (C=O) groups is 1. The summed E-state index contributed by atoms with van der Waals surface area (Å²) in [7, 11) is 1.61. The lowest BCUT2D eigenvalue weighted by atomic mass is 9.75. The number of thiazole rings is 1. The van der Waals surface area contributed by atoms with E-state index >= 15 is 0 Å².